The highest BCUT2D eigenvalue weighted by molar-refractivity contribution is 5.16. The molecule has 3 nitrogen and oxygen atoms in total. The van der Waals surface area contributed by atoms with Crippen LogP contribution in [0.15, 0.2) is 24.4 Å². The van der Waals surface area contributed by atoms with Gasteiger partial charge in [0.25, 0.3) is 0 Å². The molecule has 1 N–H and O–H groups in total. The van der Waals surface area contributed by atoms with Crippen molar-refractivity contribution in [2.75, 3.05) is 0 Å². The third kappa shape index (κ3) is 1.09. The topological polar surface area (TPSA) is 51.8 Å². The maximum atomic E-state index is 12.1. The first-order valence-electron chi connectivity index (χ1n) is 2.27. The summed E-state index contributed by atoms with van der Waals surface area (Å²) in [6.45, 7) is 0. The van der Waals surface area contributed by atoms with Crippen molar-refractivity contribution >= 4 is 0 Å². The lowest BCUT2D eigenvalue weighted by Gasteiger charge is -2.15. The Morgan fingerprint density at radius 3 is 2.78 bits per heavy atom. The second kappa shape index (κ2) is 1.82. The van der Waals surface area contributed by atoms with Gasteiger partial charge < -0.3 is 9.84 Å². The second-order valence-electron chi connectivity index (χ2n) is 1.63. The van der Waals surface area contributed by atoms with Gasteiger partial charge in [-0.05, 0) is 0 Å². The molecule has 0 bridgehead atoms. The molecule has 9 heavy (non-hydrogen) atoms. The molecule has 1 rings (SSSR count). The normalized spacial score (nSPS) is 33.4. The van der Waals surface area contributed by atoms with Gasteiger partial charge >= 0.3 is 0 Å². The molecule has 1 aliphatic rings. The van der Waals surface area contributed by atoms with Crippen molar-refractivity contribution in [3.63, 3.8) is 0 Å². The van der Waals surface area contributed by atoms with Crippen molar-refractivity contribution < 1.29 is 14.2 Å². The molecule has 0 saturated heterocycles. The molecule has 1 heterocycles. The van der Waals surface area contributed by atoms with E-state index in [0.29, 0.717) is 6.26 Å². The molecule has 0 aromatic rings. The van der Waals surface area contributed by atoms with Gasteiger partial charge in [-0.2, -0.15) is 0 Å². The van der Waals surface area contributed by atoms with E-state index < -0.39 is 11.6 Å². The summed E-state index contributed by atoms with van der Waals surface area (Å²) in [4.78, 5) is 0. The lowest BCUT2D eigenvalue weighted by Crippen LogP contribution is -2.29. The van der Waals surface area contributed by atoms with Gasteiger partial charge in [0, 0.05) is 6.08 Å². The molecule has 1 unspecified atom stereocenters. The molecular formula is C5H4FNO2. The van der Waals surface area contributed by atoms with Crippen molar-refractivity contribution in [2.24, 2.45) is 0 Å². The SMILES string of the molecule is [N]C1(O)C=COC=C1F. The van der Waals surface area contributed by atoms with Crippen LogP contribution in [0.3, 0.4) is 0 Å². The average molecular weight is 129 g/mol. The summed E-state index contributed by atoms with van der Waals surface area (Å²) < 4.78 is 16.4. The molecule has 0 fully saturated rings. The molecule has 4 heteroatoms. The number of hydrogen-bond donors (Lipinski definition) is 1. The van der Waals surface area contributed by atoms with Crippen molar-refractivity contribution in [2.45, 2.75) is 5.72 Å². The van der Waals surface area contributed by atoms with Crippen LogP contribution in [0, 0.1) is 0 Å². The van der Waals surface area contributed by atoms with Crippen LogP contribution in [0.1, 0.15) is 0 Å². The van der Waals surface area contributed by atoms with Gasteiger partial charge in [-0.1, -0.05) is 5.73 Å². The monoisotopic (exact) mass is 129 g/mol. The van der Waals surface area contributed by atoms with Gasteiger partial charge in [-0.15, -0.1) is 0 Å². The Kier molecular flexibility index (Phi) is 1.27. The third-order valence-electron chi connectivity index (χ3n) is 0.902. The summed E-state index contributed by atoms with van der Waals surface area (Å²) in [6.07, 6.45) is 2.41. The minimum atomic E-state index is -2.47. The van der Waals surface area contributed by atoms with E-state index in [0.717, 1.165) is 12.3 Å². The van der Waals surface area contributed by atoms with Crippen LogP contribution in [0.2, 0.25) is 0 Å². The zero-order valence-corrected chi connectivity index (χ0v) is 4.41. The Morgan fingerprint density at radius 1 is 1.78 bits per heavy atom. The van der Waals surface area contributed by atoms with Crippen LogP contribution in [0.25, 0.3) is 0 Å². The minimum absolute atomic E-state index is 0.625. The highest BCUT2D eigenvalue weighted by Crippen LogP contribution is 2.18. The molecule has 0 aromatic heterocycles. The summed E-state index contributed by atoms with van der Waals surface area (Å²) >= 11 is 0. The first-order valence-corrected chi connectivity index (χ1v) is 2.27. The van der Waals surface area contributed by atoms with Crippen LogP contribution in [-0.2, 0) is 4.74 Å². The van der Waals surface area contributed by atoms with E-state index in [2.05, 4.69) is 4.74 Å². The van der Waals surface area contributed by atoms with E-state index in [1.54, 1.807) is 0 Å². The Bertz CT molecular complexity index is 174. The highest BCUT2D eigenvalue weighted by Gasteiger charge is 2.29. The van der Waals surface area contributed by atoms with Crippen molar-refractivity contribution in [1.29, 1.82) is 0 Å². The van der Waals surface area contributed by atoms with Crippen LogP contribution < -0.4 is 5.73 Å². The van der Waals surface area contributed by atoms with Crippen LogP contribution in [0.4, 0.5) is 4.39 Å². The fourth-order valence-corrected chi connectivity index (χ4v) is 0.400. The largest absolute Gasteiger partial charge is 0.470 e. The molecule has 0 spiro atoms. The molecule has 0 saturated carbocycles. The smallest absolute Gasteiger partial charge is 0.226 e. The van der Waals surface area contributed by atoms with Gasteiger partial charge in [-0.3, -0.25) is 0 Å². The van der Waals surface area contributed by atoms with Crippen molar-refractivity contribution in [3.05, 3.63) is 24.4 Å². The van der Waals surface area contributed by atoms with Gasteiger partial charge in [0.1, 0.15) is 6.26 Å². The Labute approximate surface area is 51.2 Å². The first-order chi connectivity index (χ1) is 4.13. The Morgan fingerprint density at radius 2 is 2.44 bits per heavy atom. The number of nitrogens with zero attached hydrogens (tertiary/aromatic N) is 1. The maximum Gasteiger partial charge on any atom is 0.226 e. The quantitative estimate of drug-likeness (QED) is 0.504. The lowest BCUT2D eigenvalue weighted by molar-refractivity contribution is 0.0875. The Hall–Kier alpha value is -0.870. The molecule has 48 valence electrons. The van der Waals surface area contributed by atoms with Crippen LogP contribution in [-0.4, -0.2) is 10.8 Å². The molecular weight excluding hydrogens is 125 g/mol. The summed E-state index contributed by atoms with van der Waals surface area (Å²) in [5.74, 6) is -1.12. The summed E-state index contributed by atoms with van der Waals surface area (Å²) in [5, 5.41) is 8.59. The molecule has 0 amide bonds. The summed E-state index contributed by atoms with van der Waals surface area (Å²) in [7, 11) is 0. The predicted octanol–water partition coefficient (Wildman–Crippen LogP) is 0.0985. The standard InChI is InChI=1S/C5H4FNO2/c6-4-3-9-2-1-5(4,7)8/h1-3,8H. The predicted molar refractivity (Wildman–Crippen MR) is 26.5 cm³/mol. The van der Waals surface area contributed by atoms with E-state index in [1.165, 1.54) is 0 Å². The molecule has 0 aliphatic carbocycles. The maximum absolute atomic E-state index is 12.1. The minimum Gasteiger partial charge on any atom is -0.470 e. The van der Waals surface area contributed by atoms with Gasteiger partial charge in [-0.25, -0.2) is 4.39 Å². The molecule has 1 atom stereocenters. The van der Waals surface area contributed by atoms with Crippen molar-refractivity contribution in [1.82, 2.24) is 5.73 Å². The van der Waals surface area contributed by atoms with Gasteiger partial charge in [0.05, 0.1) is 6.26 Å². The highest BCUT2D eigenvalue weighted by atomic mass is 19.1. The average Bonchev–Trinajstić information content (AvgIpc) is 1.77. The molecule has 2 radical (unpaired) electrons. The van der Waals surface area contributed by atoms with Gasteiger partial charge in [0.15, 0.2) is 5.83 Å². The zero-order chi connectivity index (χ0) is 6.91. The van der Waals surface area contributed by atoms with Crippen LogP contribution >= 0.6 is 0 Å². The zero-order valence-electron chi connectivity index (χ0n) is 4.41. The Balaban J connectivity index is 2.83. The number of ether oxygens (including phenoxy) is 1. The lowest BCUT2D eigenvalue weighted by atomic mass is 10.2. The van der Waals surface area contributed by atoms with Crippen molar-refractivity contribution in [3.8, 4) is 0 Å². The van der Waals surface area contributed by atoms with E-state index >= 15 is 0 Å². The fourth-order valence-electron chi connectivity index (χ4n) is 0.400. The first kappa shape index (κ1) is 6.25. The number of halogens is 1. The third-order valence-corrected chi connectivity index (χ3v) is 0.902. The molecule has 1 aliphatic heterocycles. The number of aliphatic hydroxyl groups is 1. The molecule has 0 aromatic carbocycles. The fraction of sp³-hybridized carbons (Fsp3) is 0.200. The number of hydrogen-bond acceptors (Lipinski definition) is 2. The second-order valence-corrected chi connectivity index (χ2v) is 1.63. The van der Waals surface area contributed by atoms with E-state index in [1.807, 2.05) is 0 Å². The number of rotatable bonds is 0. The van der Waals surface area contributed by atoms with Crippen LogP contribution in [0.5, 0.6) is 0 Å². The van der Waals surface area contributed by atoms with Gasteiger partial charge in [0.2, 0.25) is 5.72 Å². The van der Waals surface area contributed by atoms with E-state index in [9.17, 15) is 4.39 Å². The summed E-state index contributed by atoms with van der Waals surface area (Å²) in [5.41, 5.74) is 6.11. The van der Waals surface area contributed by atoms with E-state index in [4.69, 9.17) is 10.8 Å². The van der Waals surface area contributed by atoms with E-state index in [-0.39, 0.29) is 0 Å². The summed E-state index contributed by atoms with van der Waals surface area (Å²) in [6, 6.07) is 0.